The van der Waals surface area contributed by atoms with Gasteiger partial charge in [0.05, 0.1) is 11.3 Å². The minimum atomic E-state index is -0.270. The highest BCUT2D eigenvalue weighted by Gasteiger charge is 2.29. The van der Waals surface area contributed by atoms with E-state index in [1.165, 1.54) is 17.7 Å². The van der Waals surface area contributed by atoms with E-state index < -0.39 is 0 Å². The fraction of sp³-hybridized carbons (Fsp3) is 0.346. The van der Waals surface area contributed by atoms with Crippen molar-refractivity contribution >= 4 is 11.7 Å². The molecular formula is C26H25FN4O3. The van der Waals surface area contributed by atoms with E-state index in [9.17, 15) is 9.18 Å². The van der Waals surface area contributed by atoms with E-state index in [4.69, 9.17) is 14.5 Å². The lowest BCUT2D eigenvalue weighted by molar-refractivity contribution is 0.0962. The minimum absolute atomic E-state index is 0.0156. The van der Waals surface area contributed by atoms with Crippen LogP contribution >= 0.6 is 0 Å². The number of anilines is 1. The molecule has 3 heterocycles. The fourth-order valence-corrected chi connectivity index (χ4v) is 4.96. The van der Waals surface area contributed by atoms with Crippen molar-refractivity contribution in [2.24, 2.45) is 0 Å². The molecule has 0 N–H and O–H groups in total. The van der Waals surface area contributed by atoms with Gasteiger partial charge in [0.15, 0.2) is 17.3 Å². The van der Waals surface area contributed by atoms with Crippen LogP contribution in [-0.2, 0) is 13.0 Å². The third kappa shape index (κ3) is 4.09. The second-order valence-electron chi connectivity index (χ2n) is 9.06. The maximum Gasteiger partial charge on any atom is 0.231 e. The van der Waals surface area contributed by atoms with Crippen LogP contribution in [0.5, 0.6) is 11.5 Å². The van der Waals surface area contributed by atoms with Gasteiger partial charge in [-0.2, -0.15) is 0 Å². The molecule has 3 aliphatic rings. The molecular weight excluding hydrogens is 435 g/mol. The van der Waals surface area contributed by atoms with E-state index in [1.54, 1.807) is 18.3 Å². The molecule has 1 aromatic heterocycles. The third-order valence-electron chi connectivity index (χ3n) is 6.87. The monoisotopic (exact) mass is 460 g/mol. The molecule has 3 aromatic rings. The quantitative estimate of drug-likeness (QED) is 0.590. The van der Waals surface area contributed by atoms with E-state index in [0.717, 1.165) is 55.5 Å². The second kappa shape index (κ2) is 8.68. The van der Waals surface area contributed by atoms with Crippen molar-refractivity contribution < 1.29 is 18.7 Å². The van der Waals surface area contributed by atoms with Crippen molar-refractivity contribution in [3.05, 3.63) is 76.9 Å². The number of halogens is 1. The summed E-state index contributed by atoms with van der Waals surface area (Å²) in [5.74, 6) is 2.09. The molecule has 0 saturated carbocycles. The van der Waals surface area contributed by atoms with Gasteiger partial charge in [-0.15, -0.1) is 0 Å². The second-order valence-corrected chi connectivity index (χ2v) is 9.06. The van der Waals surface area contributed by atoms with Gasteiger partial charge in [-0.25, -0.2) is 14.4 Å². The summed E-state index contributed by atoms with van der Waals surface area (Å²) in [6, 6.07) is 12.5. The molecule has 34 heavy (non-hydrogen) atoms. The molecule has 1 aliphatic carbocycles. The third-order valence-corrected chi connectivity index (χ3v) is 6.87. The van der Waals surface area contributed by atoms with E-state index in [2.05, 4.69) is 26.9 Å². The van der Waals surface area contributed by atoms with Gasteiger partial charge in [-0.05, 0) is 47.7 Å². The van der Waals surface area contributed by atoms with Crippen molar-refractivity contribution in [3.63, 3.8) is 0 Å². The maximum absolute atomic E-state index is 13.3. The number of carbonyl (C=O) groups is 1. The number of Topliss-reactive ketones (excluding diaryl/α,β-unsaturated/α-hetero) is 1. The van der Waals surface area contributed by atoms with Gasteiger partial charge in [0, 0.05) is 45.3 Å². The van der Waals surface area contributed by atoms with Gasteiger partial charge in [0.25, 0.3) is 0 Å². The summed E-state index contributed by atoms with van der Waals surface area (Å²) in [5.41, 5.74) is 3.58. The van der Waals surface area contributed by atoms with Crippen molar-refractivity contribution in [1.29, 1.82) is 0 Å². The lowest BCUT2D eigenvalue weighted by Crippen LogP contribution is -2.46. The van der Waals surface area contributed by atoms with Crippen LogP contribution in [0.2, 0.25) is 0 Å². The van der Waals surface area contributed by atoms with Gasteiger partial charge in [-0.1, -0.05) is 18.2 Å². The molecule has 174 valence electrons. The topological polar surface area (TPSA) is 67.8 Å². The molecule has 0 bridgehead atoms. The molecule has 0 radical (unpaired) electrons. The van der Waals surface area contributed by atoms with Gasteiger partial charge in [-0.3, -0.25) is 9.69 Å². The van der Waals surface area contributed by atoms with Crippen molar-refractivity contribution in [2.75, 3.05) is 37.9 Å². The van der Waals surface area contributed by atoms with Crippen molar-refractivity contribution in [1.82, 2.24) is 14.9 Å². The van der Waals surface area contributed by atoms with E-state index in [1.807, 2.05) is 6.07 Å². The molecule has 0 amide bonds. The number of ketones is 1. The zero-order chi connectivity index (χ0) is 23.1. The summed E-state index contributed by atoms with van der Waals surface area (Å²) >= 11 is 0. The summed E-state index contributed by atoms with van der Waals surface area (Å²) in [5, 5.41) is 0. The predicted molar refractivity (Wildman–Crippen MR) is 124 cm³/mol. The minimum Gasteiger partial charge on any atom is -0.454 e. The normalized spacial score (nSPS) is 19.9. The number of piperazine rings is 1. The average Bonchev–Trinajstić information content (AvgIpc) is 3.33. The van der Waals surface area contributed by atoms with Crippen LogP contribution < -0.4 is 14.4 Å². The summed E-state index contributed by atoms with van der Waals surface area (Å²) < 4.78 is 24.2. The Bertz CT molecular complexity index is 1230. The number of ether oxygens (including phenoxy) is 2. The fourth-order valence-electron chi connectivity index (χ4n) is 4.96. The largest absolute Gasteiger partial charge is 0.454 e. The predicted octanol–water partition coefficient (Wildman–Crippen LogP) is 3.58. The Kier molecular flexibility index (Phi) is 5.37. The van der Waals surface area contributed by atoms with Crippen LogP contribution in [-0.4, -0.2) is 53.6 Å². The van der Waals surface area contributed by atoms with Crippen LogP contribution in [0.15, 0.2) is 48.7 Å². The Morgan fingerprint density at radius 3 is 2.59 bits per heavy atom. The van der Waals surface area contributed by atoms with Crippen molar-refractivity contribution in [3.8, 4) is 11.5 Å². The molecule has 1 unspecified atom stereocenters. The molecule has 1 atom stereocenters. The first-order chi connectivity index (χ1) is 16.6. The standard InChI is InChI=1S/C26H25FN4O3/c27-20-4-2-18(3-5-20)19-12-22-21(23(32)13-19)14-28-26(29-22)31-9-7-30(8-10-31)15-17-1-6-24-25(11-17)34-16-33-24/h1-6,11,14,19H,7-10,12-13,15-16H2. The number of hydrogen-bond acceptors (Lipinski definition) is 7. The van der Waals surface area contributed by atoms with Crippen LogP contribution in [0.4, 0.5) is 10.3 Å². The maximum atomic E-state index is 13.3. The SMILES string of the molecule is O=C1CC(c2ccc(F)cc2)Cc2nc(N3CCN(Cc4ccc5c(c4)OCO5)CC3)ncc21. The van der Waals surface area contributed by atoms with E-state index in [0.29, 0.717) is 24.4 Å². The lowest BCUT2D eigenvalue weighted by atomic mass is 9.82. The average molecular weight is 461 g/mol. The first-order valence-electron chi connectivity index (χ1n) is 11.6. The molecule has 2 aromatic carbocycles. The van der Waals surface area contributed by atoms with Crippen LogP contribution in [0, 0.1) is 5.82 Å². The van der Waals surface area contributed by atoms with Gasteiger partial charge < -0.3 is 14.4 Å². The first kappa shape index (κ1) is 21.0. The number of carbonyl (C=O) groups excluding carboxylic acids is 1. The zero-order valence-corrected chi connectivity index (χ0v) is 18.7. The Hall–Kier alpha value is -3.52. The summed E-state index contributed by atoms with van der Waals surface area (Å²) in [6.45, 7) is 4.56. The molecule has 8 heteroatoms. The zero-order valence-electron chi connectivity index (χ0n) is 18.7. The number of rotatable bonds is 4. The molecule has 0 spiro atoms. The van der Waals surface area contributed by atoms with Gasteiger partial charge in [0.1, 0.15) is 5.82 Å². The first-order valence-corrected chi connectivity index (χ1v) is 11.6. The number of fused-ring (bicyclic) bond motifs is 2. The Morgan fingerprint density at radius 2 is 1.76 bits per heavy atom. The number of aromatic nitrogens is 2. The lowest BCUT2D eigenvalue weighted by Gasteiger charge is -2.35. The Balaban J connectivity index is 1.12. The molecule has 6 rings (SSSR count). The van der Waals surface area contributed by atoms with Gasteiger partial charge in [0.2, 0.25) is 12.7 Å². The number of nitrogens with zero attached hydrogens (tertiary/aromatic N) is 4. The van der Waals surface area contributed by atoms with Crippen molar-refractivity contribution in [2.45, 2.75) is 25.3 Å². The number of hydrogen-bond donors (Lipinski definition) is 0. The Morgan fingerprint density at radius 1 is 0.971 bits per heavy atom. The van der Waals surface area contributed by atoms with E-state index >= 15 is 0 Å². The highest BCUT2D eigenvalue weighted by Crippen LogP contribution is 2.34. The molecule has 7 nitrogen and oxygen atoms in total. The summed E-state index contributed by atoms with van der Waals surface area (Å²) in [6.07, 6.45) is 2.74. The summed E-state index contributed by atoms with van der Waals surface area (Å²) in [4.78, 5) is 26.6. The molecule has 1 saturated heterocycles. The molecule has 2 aliphatic heterocycles. The highest BCUT2D eigenvalue weighted by molar-refractivity contribution is 5.98. The van der Waals surface area contributed by atoms with E-state index in [-0.39, 0.29) is 24.3 Å². The van der Waals surface area contributed by atoms with Crippen LogP contribution in [0.3, 0.4) is 0 Å². The van der Waals surface area contributed by atoms with Crippen LogP contribution in [0.1, 0.15) is 39.5 Å². The number of benzene rings is 2. The Labute approximate surface area is 197 Å². The van der Waals surface area contributed by atoms with Gasteiger partial charge >= 0.3 is 0 Å². The smallest absolute Gasteiger partial charge is 0.231 e. The molecule has 1 fully saturated rings. The van der Waals surface area contributed by atoms with Crippen LogP contribution in [0.25, 0.3) is 0 Å². The summed E-state index contributed by atoms with van der Waals surface area (Å²) in [7, 11) is 0. The highest BCUT2D eigenvalue weighted by atomic mass is 19.1.